The molecule has 0 aliphatic carbocycles. The van der Waals surface area contributed by atoms with Crippen LogP contribution < -0.4 is 0 Å². The molecule has 0 bridgehead atoms. The summed E-state index contributed by atoms with van der Waals surface area (Å²) >= 11 is 3.43. The Morgan fingerprint density at radius 1 is 1.05 bits per heavy atom. The molecule has 0 unspecified atom stereocenters. The lowest BCUT2D eigenvalue weighted by Crippen LogP contribution is -1.98. The number of hydrogen-bond acceptors (Lipinski definition) is 5. The maximum atomic E-state index is 12.7. The van der Waals surface area contributed by atoms with Crippen LogP contribution in [0.3, 0.4) is 0 Å². The molecule has 0 saturated heterocycles. The third-order valence-electron chi connectivity index (χ3n) is 2.93. The molecule has 0 saturated carbocycles. The van der Waals surface area contributed by atoms with Crippen molar-refractivity contribution in [1.29, 1.82) is 0 Å². The normalized spacial score (nSPS) is 12.0. The van der Waals surface area contributed by atoms with Gasteiger partial charge in [0.2, 0.25) is 0 Å². The molecule has 2 aromatic rings. The predicted octanol–water partition coefficient (Wildman–Crippen LogP) is 5.86. The van der Waals surface area contributed by atoms with Crippen LogP contribution in [0.15, 0.2) is 18.2 Å². The standard InChI is InChI=1S/C15H21O3PS2/c1-5-17-19(16,18-6-2)10-15-13(9-12(4)21-15)14-8-7-11(3)20-14/h7-9H,5-6,10H2,1-4H3. The van der Waals surface area contributed by atoms with E-state index in [0.29, 0.717) is 19.4 Å². The van der Waals surface area contributed by atoms with E-state index in [2.05, 4.69) is 32.0 Å². The number of hydrogen-bond donors (Lipinski definition) is 0. The maximum Gasteiger partial charge on any atom is 0.335 e. The molecule has 0 amide bonds. The molecule has 2 heterocycles. The molecule has 0 spiro atoms. The number of rotatable bonds is 7. The lowest BCUT2D eigenvalue weighted by Gasteiger charge is -2.16. The second kappa shape index (κ2) is 7.21. The highest BCUT2D eigenvalue weighted by Gasteiger charge is 2.27. The van der Waals surface area contributed by atoms with Crippen molar-refractivity contribution >= 4 is 30.3 Å². The molecule has 116 valence electrons. The summed E-state index contributed by atoms with van der Waals surface area (Å²) in [6.07, 6.45) is 0.347. The molecule has 2 aromatic heterocycles. The Hall–Kier alpha value is -0.450. The molecular weight excluding hydrogens is 323 g/mol. The van der Waals surface area contributed by atoms with Crippen molar-refractivity contribution in [1.82, 2.24) is 0 Å². The summed E-state index contributed by atoms with van der Waals surface area (Å²) in [5, 5.41) is 0. The topological polar surface area (TPSA) is 35.5 Å². The first-order chi connectivity index (χ1) is 9.97. The molecule has 0 atom stereocenters. The minimum absolute atomic E-state index is 0.347. The highest BCUT2D eigenvalue weighted by molar-refractivity contribution is 7.53. The molecule has 0 aromatic carbocycles. The van der Waals surface area contributed by atoms with Gasteiger partial charge in [-0.15, -0.1) is 22.7 Å². The van der Waals surface area contributed by atoms with E-state index in [1.165, 1.54) is 14.6 Å². The van der Waals surface area contributed by atoms with Crippen molar-refractivity contribution in [2.24, 2.45) is 0 Å². The van der Waals surface area contributed by atoms with Crippen LogP contribution in [0.2, 0.25) is 0 Å². The first-order valence-corrected chi connectivity index (χ1v) is 10.4. The van der Waals surface area contributed by atoms with Crippen LogP contribution in [0.4, 0.5) is 0 Å². The first-order valence-electron chi connectivity index (χ1n) is 7.01. The SMILES string of the molecule is CCOP(=O)(Cc1sc(C)cc1-c1ccc(C)s1)OCC. The van der Waals surface area contributed by atoms with Gasteiger partial charge in [-0.05, 0) is 45.9 Å². The minimum atomic E-state index is -3.05. The molecule has 0 fully saturated rings. The number of thiophene rings is 2. The smallest absolute Gasteiger partial charge is 0.309 e. The Kier molecular flexibility index (Phi) is 5.81. The van der Waals surface area contributed by atoms with Gasteiger partial charge in [0.15, 0.2) is 0 Å². The third-order valence-corrected chi connectivity index (χ3v) is 7.23. The van der Waals surface area contributed by atoms with Gasteiger partial charge in [-0.3, -0.25) is 4.57 Å². The quantitative estimate of drug-likeness (QED) is 0.590. The van der Waals surface area contributed by atoms with E-state index in [1.807, 2.05) is 13.8 Å². The van der Waals surface area contributed by atoms with Gasteiger partial charge in [-0.25, -0.2) is 0 Å². The molecule has 0 N–H and O–H groups in total. The molecule has 21 heavy (non-hydrogen) atoms. The predicted molar refractivity (Wildman–Crippen MR) is 91.7 cm³/mol. The van der Waals surface area contributed by atoms with Crippen LogP contribution in [0.25, 0.3) is 10.4 Å². The van der Waals surface area contributed by atoms with E-state index in [1.54, 1.807) is 22.7 Å². The summed E-state index contributed by atoms with van der Waals surface area (Å²) in [7, 11) is -3.05. The van der Waals surface area contributed by atoms with Gasteiger partial charge >= 0.3 is 7.60 Å². The van der Waals surface area contributed by atoms with E-state index >= 15 is 0 Å². The van der Waals surface area contributed by atoms with Crippen molar-refractivity contribution < 1.29 is 13.6 Å². The van der Waals surface area contributed by atoms with Gasteiger partial charge in [0.05, 0.1) is 19.4 Å². The highest BCUT2D eigenvalue weighted by atomic mass is 32.1. The largest absolute Gasteiger partial charge is 0.335 e. The van der Waals surface area contributed by atoms with Crippen LogP contribution in [-0.4, -0.2) is 13.2 Å². The van der Waals surface area contributed by atoms with Crippen LogP contribution in [0.1, 0.15) is 28.5 Å². The summed E-state index contributed by atoms with van der Waals surface area (Å²) in [5.41, 5.74) is 1.16. The summed E-state index contributed by atoms with van der Waals surface area (Å²) in [6, 6.07) is 6.40. The molecule has 0 radical (unpaired) electrons. The Morgan fingerprint density at radius 2 is 1.71 bits per heavy atom. The molecule has 3 nitrogen and oxygen atoms in total. The van der Waals surface area contributed by atoms with E-state index in [4.69, 9.17) is 9.05 Å². The Labute approximate surface area is 134 Å². The summed E-state index contributed by atoms with van der Waals surface area (Å²) in [6.45, 7) is 8.65. The monoisotopic (exact) mass is 344 g/mol. The minimum Gasteiger partial charge on any atom is -0.309 e. The van der Waals surface area contributed by atoms with E-state index in [9.17, 15) is 4.57 Å². The fourth-order valence-corrected chi connectivity index (χ4v) is 6.28. The second-order valence-electron chi connectivity index (χ2n) is 4.71. The summed E-state index contributed by atoms with van der Waals surface area (Å²) in [5.74, 6) is 0. The first kappa shape index (κ1) is 16.9. The highest BCUT2D eigenvalue weighted by Crippen LogP contribution is 2.54. The van der Waals surface area contributed by atoms with Crippen molar-refractivity contribution in [3.63, 3.8) is 0 Å². The average molecular weight is 344 g/mol. The van der Waals surface area contributed by atoms with Crippen LogP contribution >= 0.6 is 30.3 Å². The molecule has 2 rings (SSSR count). The van der Waals surface area contributed by atoms with Gasteiger partial charge < -0.3 is 9.05 Å². The molecular formula is C15H21O3PS2. The average Bonchev–Trinajstić information content (AvgIpc) is 2.96. The van der Waals surface area contributed by atoms with E-state index < -0.39 is 7.60 Å². The fraction of sp³-hybridized carbons (Fsp3) is 0.467. The van der Waals surface area contributed by atoms with Gasteiger partial charge in [0.1, 0.15) is 0 Å². The summed E-state index contributed by atoms with van der Waals surface area (Å²) < 4.78 is 23.6. The van der Waals surface area contributed by atoms with Gasteiger partial charge in [-0.1, -0.05) is 0 Å². The molecule has 0 aliphatic rings. The lowest BCUT2D eigenvalue weighted by atomic mass is 10.2. The lowest BCUT2D eigenvalue weighted by molar-refractivity contribution is 0.219. The zero-order valence-corrected chi connectivity index (χ0v) is 15.4. The zero-order valence-electron chi connectivity index (χ0n) is 12.8. The van der Waals surface area contributed by atoms with E-state index in [0.717, 1.165) is 10.4 Å². The van der Waals surface area contributed by atoms with Crippen LogP contribution in [0.5, 0.6) is 0 Å². The summed E-state index contributed by atoms with van der Waals surface area (Å²) in [4.78, 5) is 4.79. The van der Waals surface area contributed by atoms with Crippen molar-refractivity contribution in [3.8, 4) is 10.4 Å². The van der Waals surface area contributed by atoms with Crippen LogP contribution in [-0.2, 0) is 19.8 Å². The van der Waals surface area contributed by atoms with Gasteiger partial charge in [0, 0.05) is 25.1 Å². The Morgan fingerprint density at radius 3 is 2.24 bits per heavy atom. The van der Waals surface area contributed by atoms with E-state index in [-0.39, 0.29) is 0 Å². The Balaban J connectivity index is 2.33. The number of aryl methyl sites for hydroxylation is 2. The van der Waals surface area contributed by atoms with Gasteiger partial charge in [-0.2, -0.15) is 0 Å². The van der Waals surface area contributed by atoms with Crippen molar-refractivity contribution in [2.75, 3.05) is 13.2 Å². The van der Waals surface area contributed by atoms with Crippen LogP contribution in [0, 0.1) is 13.8 Å². The zero-order chi connectivity index (χ0) is 15.5. The molecule has 0 aliphatic heterocycles. The van der Waals surface area contributed by atoms with Crippen molar-refractivity contribution in [2.45, 2.75) is 33.9 Å². The second-order valence-corrected chi connectivity index (χ2v) is 9.39. The van der Waals surface area contributed by atoms with Gasteiger partial charge in [0.25, 0.3) is 0 Å². The Bertz CT molecular complexity index is 635. The fourth-order valence-electron chi connectivity index (χ4n) is 2.17. The maximum absolute atomic E-state index is 12.7. The molecule has 6 heteroatoms. The van der Waals surface area contributed by atoms with Crippen molar-refractivity contribution in [3.05, 3.63) is 32.8 Å². The third kappa shape index (κ3) is 4.27.